The molecule has 1 aromatic carbocycles. The standard InChI is InChI=1S/C15H23NO3S/c1-20(18,19)13-5-8-15(17)9-11-16(12-10-15)14-6-3-2-4-7-14/h2-4,6-7,17H,5,8-13H2,1H3. The maximum atomic E-state index is 11.1. The smallest absolute Gasteiger partial charge is 0.147 e. The van der Waals surface area contributed by atoms with Crippen LogP contribution in [0.3, 0.4) is 0 Å². The van der Waals surface area contributed by atoms with Gasteiger partial charge in [0.2, 0.25) is 0 Å². The first-order valence-corrected chi connectivity index (χ1v) is 9.14. The van der Waals surface area contributed by atoms with Crippen molar-refractivity contribution < 1.29 is 13.5 Å². The largest absolute Gasteiger partial charge is 0.390 e. The topological polar surface area (TPSA) is 57.6 Å². The predicted octanol–water partition coefficient (Wildman–Crippen LogP) is 1.84. The molecule has 112 valence electrons. The van der Waals surface area contributed by atoms with Crippen molar-refractivity contribution in [1.29, 1.82) is 0 Å². The Balaban J connectivity index is 1.84. The molecule has 1 heterocycles. The van der Waals surface area contributed by atoms with Gasteiger partial charge in [-0.15, -0.1) is 0 Å². The monoisotopic (exact) mass is 297 g/mol. The third-order valence-corrected chi connectivity index (χ3v) is 5.00. The Morgan fingerprint density at radius 3 is 2.35 bits per heavy atom. The number of nitrogens with zero attached hydrogens (tertiary/aromatic N) is 1. The molecule has 0 aliphatic carbocycles. The summed E-state index contributed by atoms with van der Waals surface area (Å²) in [7, 11) is -2.93. The summed E-state index contributed by atoms with van der Waals surface area (Å²) in [6, 6.07) is 10.2. The van der Waals surface area contributed by atoms with E-state index in [2.05, 4.69) is 17.0 Å². The van der Waals surface area contributed by atoms with Crippen molar-refractivity contribution in [3.8, 4) is 0 Å². The van der Waals surface area contributed by atoms with Gasteiger partial charge < -0.3 is 10.0 Å². The van der Waals surface area contributed by atoms with Crippen molar-refractivity contribution in [2.45, 2.75) is 31.3 Å². The van der Waals surface area contributed by atoms with Crippen LogP contribution in [0.5, 0.6) is 0 Å². The summed E-state index contributed by atoms with van der Waals surface area (Å²) in [5.74, 6) is 0.164. The Morgan fingerprint density at radius 1 is 1.20 bits per heavy atom. The minimum atomic E-state index is -2.93. The molecule has 0 radical (unpaired) electrons. The van der Waals surface area contributed by atoms with E-state index in [1.165, 1.54) is 11.9 Å². The molecule has 5 heteroatoms. The number of hydrogen-bond acceptors (Lipinski definition) is 4. The maximum Gasteiger partial charge on any atom is 0.147 e. The molecule has 0 atom stereocenters. The summed E-state index contributed by atoms with van der Waals surface area (Å²) in [4.78, 5) is 2.27. The van der Waals surface area contributed by atoms with Crippen LogP contribution in [0, 0.1) is 0 Å². The molecule has 0 aromatic heterocycles. The minimum Gasteiger partial charge on any atom is -0.390 e. The number of para-hydroxylation sites is 1. The molecule has 1 aliphatic rings. The van der Waals surface area contributed by atoms with Crippen LogP contribution in [0.4, 0.5) is 5.69 Å². The van der Waals surface area contributed by atoms with Crippen LogP contribution >= 0.6 is 0 Å². The zero-order valence-corrected chi connectivity index (χ0v) is 12.8. The quantitative estimate of drug-likeness (QED) is 0.901. The third kappa shape index (κ3) is 4.49. The Morgan fingerprint density at radius 2 is 1.80 bits per heavy atom. The van der Waals surface area contributed by atoms with E-state index in [0.717, 1.165) is 13.1 Å². The fourth-order valence-electron chi connectivity index (χ4n) is 2.73. The fourth-order valence-corrected chi connectivity index (χ4v) is 3.40. The van der Waals surface area contributed by atoms with Gasteiger partial charge in [-0.3, -0.25) is 0 Å². The van der Waals surface area contributed by atoms with Gasteiger partial charge in [0.25, 0.3) is 0 Å². The lowest BCUT2D eigenvalue weighted by atomic mass is 9.87. The van der Waals surface area contributed by atoms with Crippen molar-refractivity contribution >= 4 is 15.5 Å². The van der Waals surface area contributed by atoms with E-state index in [-0.39, 0.29) is 5.75 Å². The van der Waals surface area contributed by atoms with Gasteiger partial charge >= 0.3 is 0 Å². The summed E-state index contributed by atoms with van der Waals surface area (Å²) in [6.07, 6.45) is 3.76. The number of rotatable bonds is 5. The second-order valence-corrected chi connectivity index (χ2v) is 8.04. The zero-order valence-electron chi connectivity index (χ0n) is 12.0. The molecule has 1 saturated heterocycles. The molecule has 4 nitrogen and oxygen atoms in total. The van der Waals surface area contributed by atoms with E-state index >= 15 is 0 Å². The van der Waals surface area contributed by atoms with Gasteiger partial charge in [0.1, 0.15) is 9.84 Å². The molecular weight excluding hydrogens is 274 g/mol. The van der Waals surface area contributed by atoms with Crippen molar-refractivity contribution in [1.82, 2.24) is 0 Å². The SMILES string of the molecule is CS(=O)(=O)CCCC1(O)CCN(c2ccccc2)CC1. The van der Waals surface area contributed by atoms with E-state index < -0.39 is 15.4 Å². The summed E-state index contributed by atoms with van der Waals surface area (Å²) in [5, 5.41) is 10.5. The highest BCUT2D eigenvalue weighted by molar-refractivity contribution is 7.90. The van der Waals surface area contributed by atoms with Crippen LogP contribution in [-0.4, -0.2) is 44.2 Å². The normalized spacial score (nSPS) is 19.0. The lowest BCUT2D eigenvalue weighted by Gasteiger charge is -2.39. The van der Waals surface area contributed by atoms with Gasteiger partial charge in [0.05, 0.1) is 5.60 Å². The van der Waals surface area contributed by atoms with Crippen molar-refractivity contribution in [3.05, 3.63) is 30.3 Å². The predicted molar refractivity (Wildman–Crippen MR) is 81.8 cm³/mol. The van der Waals surface area contributed by atoms with Gasteiger partial charge in [-0.1, -0.05) is 18.2 Å². The maximum absolute atomic E-state index is 11.1. The fraction of sp³-hybridized carbons (Fsp3) is 0.600. The molecule has 0 unspecified atom stereocenters. The van der Waals surface area contributed by atoms with Crippen LogP contribution in [-0.2, 0) is 9.84 Å². The molecule has 0 saturated carbocycles. The molecule has 20 heavy (non-hydrogen) atoms. The van der Waals surface area contributed by atoms with Crippen molar-refractivity contribution in [3.63, 3.8) is 0 Å². The van der Waals surface area contributed by atoms with E-state index in [4.69, 9.17) is 0 Å². The van der Waals surface area contributed by atoms with Gasteiger partial charge in [0, 0.05) is 30.8 Å². The van der Waals surface area contributed by atoms with Crippen molar-refractivity contribution in [2.24, 2.45) is 0 Å². The summed E-state index contributed by atoms with van der Waals surface area (Å²) in [6.45, 7) is 1.64. The van der Waals surface area contributed by atoms with E-state index in [0.29, 0.717) is 25.7 Å². The molecule has 1 fully saturated rings. The molecule has 1 N–H and O–H groups in total. The molecule has 2 rings (SSSR count). The van der Waals surface area contributed by atoms with Crippen LogP contribution < -0.4 is 4.90 Å². The molecule has 0 amide bonds. The zero-order chi connectivity index (χ0) is 14.6. The minimum absolute atomic E-state index is 0.164. The third-order valence-electron chi connectivity index (χ3n) is 3.97. The van der Waals surface area contributed by atoms with E-state index in [9.17, 15) is 13.5 Å². The first-order chi connectivity index (χ1) is 9.38. The highest BCUT2D eigenvalue weighted by Crippen LogP contribution is 2.29. The number of hydrogen-bond donors (Lipinski definition) is 1. The number of aliphatic hydroxyl groups is 1. The van der Waals surface area contributed by atoms with Gasteiger partial charge in [0.15, 0.2) is 0 Å². The lowest BCUT2D eigenvalue weighted by Crippen LogP contribution is -2.44. The Labute approximate surface area is 121 Å². The van der Waals surface area contributed by atoms with Crippen molar-refractivity contribution in [2.75, 3.05) is 30.0 Å². The molecule has 1 aliphatic heterocycles. The average molecular weight is 297 g/mol. The summed E-state index contributed by atoms with van der Waals surface area (Å²) >= 11 is 0. The Bertz CT molecular complexity index is 519. The number of anilines is 1. The van der Waals surface area contributed by atoms with Gasteiger partial charge in [-0.25, -0.2) is 8.42 Å². The Kier molecular flexibility index (Phi) is 4.70. The first-order valence-electron chi connectivity index (χ1n) is 7.08. The highest BCUT2D eigenvalue weighted by Gasteiger charge is 2.32. The first kappa shape index (κ1) is 15.3. The number of piperidine rings is 1. The van der Waals surface area contributed by atoms with Crippen LogP contribution in [0.1, 0.15) is 25.7 Å². The van der Waals surface area contributed by atoms with E-state index in [1.807, 2.05) is 18.2 Å². The highest BCUT2D eigenvalue weighted by atomic mass is 32.2. The summed E-state index contributed by atoms with van der Waals surface area (Å²) in [5.41, 5.74) is 0.487. The van der Waals surface area contributed by atoms with E-state index in [1.54, 1.807) is 0 Å². The van der Waals surface area contributed by atoms with Crippen LogP contribution in [0.2, 0.25) is 0 Å². The molecule has 0 spiro atoms. The molecule has 1 aromatic rings. The van der Waals surface area contributed by atoms with Gasteiger partial charge in [-0.05, 0) is 37.8 Å². The Hall–Kier alpha value is -1.07. The second kappa shape index (κ2) is 6.14. The van der Waals surface area contributed by atoms with Crippen LogP contribution in [0.25, 0.3) is 0 Å². The van der Waals surface area contributed by atoms with Gasteiger partial charge in [-0.2, -0.15) is 0 Å². The lowest BCUT2D eigenvalue weighted by molar-refractivity contribution is 0.00760. The van der Waals surface area contributed by atoms with Crippen LogP contribution in [0.15, 0.2) is 30.3 Å². The average Bonchev–Trinajstić information content (AvgIpc) is 2.39. The number of sulfone groups is 1. The molecule has 0 bridgehead atoms. The second-order valence-electron chi connectivity index (χ2n) is 5.78. The summed E-state index contributed by atoms with van der Waals surface area (Å²) < 4.78 is 22.2. The molecular formula is C15H23NO3S. The number of benzene rings is 1.